The maximum absolute atomic E-state index is 12.0. The Hall–Kier alpha value is -2.34. The second-order valence-corrected chi connectivity index (χ2v) is 4.87. The summed E-state index contributed by atoms with van der Waals surface area (Å²) in [5.74, 6) is -1.35. The van der Waals surface area contributed by atoms with Gasteiger partial charge in [0.05, 0.1) is 0 Å². The quantitative estimate of drug-likeness (QED) is 0.824. The van der Waals surface area contributed by atoms with Gasteiger partial charge in [-0.25, -0.2) is 15.0 Å². The molecule has 0 fully saturated rings. The van der Waals surface area contributed by atoms with Crippen LogP contribution in [-0.2, 0) is 17.0 Å². The van der Waals surface area contributed by atoms with E-state index in [-0.39, 0.29) is 17.5 Å². The fraction of sp³-hybridized carbons (Fsp3) is 0.286. The van der Waals surface area contributed by atoms with Gasteiger partial charge >= 0.3 is 0 Å². The summed E-state index contributed by atoms with van der Waals surface area (Å²) >= 11 is 0. The number of amides is 1. The van der Waals surface area contributed by atoms with Crippen molar-refractivity contribution in [3.8, 4) is 0 Å². The lowest BCUT2D eigenvalue weighted by Gasteiger charge is -2.30. The van der Waals surface area contributed by atoms with Crippen molar-refractivity contribution in [3.63, 3.8) is 0 Å². The minimum atomic E-state index is -1.29. The molecule has 0 bridgehead atoms. The Bertz CT molecular complexity index is 689. The monoisotopic (exact) mass is 269 g/mol. The van der Waals surface area contributed by atoms with E-state index in [1.54, 1.807) is 0 Å². The van der Waals surface area contributed by atoms with E-state index < -0.39 is 5.79 Å². The van der Waals surface area contributed by atoms with Crippen molar-refractivity contribution in [2.75, 3.05) is 0 Å². The van der Waals surface area contributed by atoms with Crippen LogP contribution in [0, 0.1) is 6.92 Å². The first-order valence-electron chi connectivity index (χ1n) is 6.45. The highest BCUT2D eigenvalue weighted by Crippen LogP contribution is 2.24. The van der Waals surface area contributed by atoms with Gasteiger partial charge in [-0.3, -0.25) is 10.5 Å². The van der Waals surface area contributed by atoms with E-state index in [1.807, 2.05) is 25.1 Å². The molecule has 0 saturated carbocycles. The van der Waals surface area contributed by atoms with Gasteiger partial charge in [-0.1, -0.05) is 19.1 Å². The van der Waals surface area contributed by atoms with Crippen molar-refractivity contribution in [1.29, 1.82) is 0 Å². The highest BCUT2D eigenvalue weighted by Gasteiger charge is 2.38. The molecule has 1 unspecified atom stereocenters. The summed E-state index contributed by atoms with van der Waals surface area (Å²) < 4.78 is 0. The Kier molecular flexibility index (Phi) is 2.76. The van der Waals surface area contributed by atoms with E-state index in [9.17, 15) is 4.79 Å². The summed E-state index contributed by atoms with van der Waals surface area (Å²) in [7, 11) is 0. The van der Waals surface area contributed by atoms with Crippen LogP contribution in [0.15, 0.2) is 33.2 Å². The fourth-order valence-corrected chi connectivity index (χ4v) is 2.36. The number of amidine groups is 1. The SMILES string of the molecule is CCc1cc(C2(N)N=C3N=CN=C3C(=O)N2)ccc1C. The Morgan fingerprint density at radius 2 is 2.20 bits per heavy atom. The number of aliphatic imine (C=N–C) groups is 3. The first kappa shape index (κ1) is 12.7. The molecule has 2 aliphatic rings. The number of nitrogens with one attached hydrogen (secondary N) is 1. The molecule has 0 aromatic heterocycles. The molecule has 102 valence electrons. The third-order valence-electron chi connectivity index (χ3n) is 3.55. The van der Waals surface area contributed by atoms with Gasteiger partial charge in [0.1, 0.15) is 6.34 Å². The molecule has 20 heavy (non-hydrogen) atoms. The van der Waals surface area contributed by atoms with Crippen LogP contribution in [0.1, 0.15) is 23.6 Å². The first-order valence-corrected chi connectivity index (χ1v) is 6.45. The van der Waals surface area contributed by atoms with E-state index in [0.29, 0.717) is 0 Å². The molecule has 3 rings (SSSR count). The number of hydrogen-bond donors (Lipinski definition) is 2. The lowest BCUT2D eigenvalue weighted by Crippen LogP contribution is -2.58. The smallest absolute Gasteiger partial charge is 0.277 e. The zero-order valence-corrected chi connectivity index (χ0v) is 11.3. The van der Waals surface area contributed by atoms with Gasteiger partial charge in [0, 0.05) is 5.56 Å². The summed E-state index contributed by atoms with van der Waals surface area (Å²) in [6, 6.07) is 5.83. The molecule has 0 radical (unpaired) electrons. The van der Waals surface area contributed by atoms with Crippen LogP contribution in [0.2, 0.25) is 0 Å². The number of carbonyl (C=O) groups is 1. The second-order valence-electron chi connectivity index (χ2n) is 4.87. The van der Waals surface area contributed by atoms with Crippen molar-refractivity contribution in [2.24, 2.45) is 20.7 Å². The summed E-state index contributed by atoms with van der Waals surface area (Å²) in [6.07, 6.45) is 2.21. The topological polar surface area (TPSA) is 92.2 Å². The average Bonchev–Trinajstić information content (AvgIpc) is 2.87. The molecule has 0 spiro atoms. The lowest BCUT2D eigenvalue weighted by molar-refractivity contribution is -0.116. The van der Waals surface area contributed by atoms with Gasteiger partial charge in [0.25, 0.3) is 5.91 Å². The molecule has 6 nitrogen and oxygen atoms in total. The van der Waals surface area contributed by atoms with Gasteiger partial charge in [0.2, 0.25) is 5.79 Å². The fourth-order valence-electron chi connectivity index (χ4n) is 2.36. The number of rotatable bonds is 2. The van der Waals surface area contributed by atoms with Crippen LogP contribution < -0.4 is 11.1 Å². The van der Waals surface area contributed by atoms with Gasteiger partial charge in [-0.05, 0) is 30.5 Å². The number of nitrogens with two attached hydrogens (primary N) is 1. The highest BCUT2D eigenvalue weighted by atomic mass is 16.2. The Morgan fingerprint density at radius 3 is 2.95 bits per heavy atom. The van der Waals surface area contributed by atoms with Crippen LogP contribution in [0.3, 0.4) is 0 Å². The largest absolute Gasteiger partial charge is 0.310 e. The van der Waals surface area contributed by atoms with E-state index in [4.69, 9.17) is 5.73 Å². The highest BCUT2D eigenvalue weighted by molar-refractivity contribution is 6.69. The van der Waals surface area contributed by atoms with Crippen LogP contribution >= 0.6 is 0 Å². The number of aryl methyl sites for hydroxylation is 2. The Labute approximate surface area is 116 Å². The van der Waals surface area contributed by atoms with Crippen molar-refractivity contribution in [1.82, 2.24) is 5.32 Å². The molecule has 0 aliphatic carbocycles. The van der Waals surface area contributed by atoms with Gasteiger partial charge < -0.3 is 5.32 Å². The van der Waals surface area contributed by atoms with Crippen LogP contribution in [0.4, 0.5) is 0 Å². The molecule has 1 atom stereocenters. The third-order valence-corrected chi connectivity index (χ3v) is 3.55. The van der Waals surface area contributed by atoms with Gasteiger partial charge in [-0.15, -0.1) is 0 Å². The maximum Gasteiger partial charge on any atom is 0.277 e. The molecule has 0 saturated heterocycles. The second kappa shape index (κ2) is 4.35. The number of nitrogens with zero attached hydrogens (tertiary/aromatic N) is 3. The van der Waals surface area contributed by atoms with Crippen molar-refractivity contribution in [3.05, 3.63) is 34.9 Å². The minimum absolute atomic E-state index is 0.217. The molecule has 1 aromatic carbocycles. The zero-order valence-electron chi connectivity index (χ0n) is 11.3. The average molecular weight is 269 g/mol. The van der Waals surface area contributed by atoms with Crippen molar-refractivity contribution < 1.29 is 4.79 Å². The Balaban J connectivity index is 2.09. The van der Waals surface area contributed by atoms with Gasteiger partial charge in [0.15, 0.2) is 11.5 Å². The lowest BCUT2D eigenvalue weighted by atomic mass is 9.98. The molecular weight excluding hydrogens is 254 g/mol. The Morgan fingerprint density at radius 1 is 1.40 bits per heavy atom. The van der Waals surface area contributed by atoms with E-state index in [1.165, 1.54) is 17.5 Å². The predicted molar refractivity (Wildman–Crippen MR) is 77.9 cm³/mol. The molecule has 2 aliphatic heterocycles. The number of fused-ring (bicyclic) bond motifs is 1. The molecule has 1 aromatic rings. The maximum atomic E-state index is 12.0. The number of carbonyl (C=O) groups excluding carboxylic acids is 1. The van der Waals surface area contributed by atoms with Crippen LogP contribution in [0.25, 0.3) is 0 Å². The van der Waals surface area contributed by atoms with Gasteiger partial charge in [-0.2, -0.15) is 0 Å². The minimum Gasteiger partial charge on any atom is -0.310 e. The van der Waals surface area contributed by atoms with Crippen LogP contribution in [-0.4, -0.2) is 23.8 Å². The van der Waals surface area contributed by atoms with E-state index >= 15 is 0 Å². The van der Waals surface area contributed by atoms with E-state index in [2.05, 4.69) is 27.2 Å². The summed E-state index contributed by atoms with van der Waals surface area (Å²) in [4.78, 5) is 24.2. The normalized spacial score (nSPS) is 24.1. The van der Waals surface area contributed by atoms with E-state index in [0.717, 1.165) is 12.0 Å². The first-order chi connectivity index (χ1) is 9.53. The number of benzene rings is 1. The molecule has 3 N–H and O–H groups in total. The van der Waals surface area contributed by atoms with Crippen LogP contribution in [0.5, 0.6) is 0 Å². The summed E-state index contributed by atoms with van der Waals surface area (Å²) in [5, 5.41) is 2.69. The number of hydrogen-bond acceptors (Lipinski definition) is 5. The third kappa shape index (κ3) is 1.85. The molecule has 6 heteroatoms. The standard InChI is InChI=1S/C14H15N5O/c1-3-9-6-10(5-4-8(9)2)14(15)18-12-11(13(20)19-14)16-7-17-12/h4-7H,3,15H2,1-2H3,(H,19,20). The van der Waals surface area contributed by atoms with Crippen molar-refractivity contribution >= 4 is 23.8 Å². The summed E-state index contributed by atoms with van der Waals surface area (Å²) in [5.41, 5.74) is 9.57. The van der Waals surface area contributed by atoms with Crippen molar-refractivity contribution in [2.45, 2.75) is 26.1 Å². The zero-order chi connectivity index (χ0) is 14.3. The predicted octanol–water partition coefficient (Wildman–Crippen LogP) is 0.638. The molecule has 2 heterocycles. The molecular formula is C14H15N5O. The molecule has 1 amide bonds. The summed E-state index contributed by atoms with van der Waals surface area (Å²) in [6.45, 7) is 4.12.